The van der Waals surface area contributed by atoms with Crippen molar-refractivity contribution in [2.45, 2.75) is 45.6 Å². The van der Waals surface area contributed by atoms with Gasteiger partial charge in [-0.25, -0.2) is 0 Å². The first-order chi connectivity index (χ1) is 5.01. The van der Waals surface area contributed by atoms with E-state index < -0.39 is 0 Å². The van der Waals surface area contributed by atoms with Gasteiger partial charge in [-0.3, -0.25) is 0 Å². The van der Waals surface area contributed by atoms with E-state index in [2.05, 4.69) is 20.4 Å². The molecule has 0 aromatic heterocycles. The van der Waals surface area contributed by atoms with Gasteiger partial charge in [0.2, 0.25) is 0 Å². The highest BCUT2D eigenvalue weighted by atomic mass is 16.3. The fourth-order valence-corrected chi connectivity index (χ4v) is 1.73. The van der Waals surface area contributed by atoms with Gasteiger partial charge in [0.05, 0.1) is 6.10 Å². The predicted octanol–water partition coefficient (Wildman–Crippen LogP) is 2.50. The zero-order valence-electron chi connectivity index (χ0n) is 7.56. The number of aliphatic hydroxyl groups excluding tert-OH is 1. The largest absolute Gasteiger partial charge is 0.389 e. The van der Waals surface area contributed by atoms with Crippen molar-refractivity contribution >= 4 is 0 Å². The molecule has 0 aliphatic heterocycles. The molecule has 1 unspecified atom stereocenters. The van der Waals surface area contributed by atoms with Crippen LogP contribution in [0.3, 0.4) is 0 Å². The van der Waals surface area contributed by atoms with Crippen molar-refractivity contribution in [3.05, 3.63) is 12.2 Å². The molecule has 0 heterocycles. The molecule has 1 heteroatoms. The molecule has 1 atom stereocenters. The van der Waals surface area contributed by atoms with Gasteiger partial charge in [-0.2, -0.15) is 0 Å². The molecule has 1 nitrogen and oxygen atoms in total. The van der Waals surface area contributed by atoms with Crippen LogP contribution in [0.25, 0.3) is 0 Å². The summed E-state index contributed by atoms with van der Waals surface area (Å²) in [7, 11) is 0. The van der Waals surface area contributed by atoms with E-state index >= 15 is 0 Å². The summed E-state index contributed by atoms with van der Waals surface area (Å²) in [6.07, 6.45) is 4.02. The summed E-state index contributed by atoms with van der Waals surface area (Å²) in [6, 6.07) is 0. The van der Waals surface area contributed by atoms with Crippen molar-refractivity contribution in [1.29, 1.82) is 0 Å². The van der Waals surface area contributed by atoms with Crippen LogP contribution in [0.1, 0.15) is 39.5 Å². The van der Waals surface area contributed by atoms with Crippen LogP contribution in [-0.2, 0) is 0 Å². The van der Waals surface area contributed by atoms with Crippen LogP contribution in [-0.4, -0.2) is 11.2 Å². The lowest BCUT2D eigenvalue weighted by molar-refractivity contribution is 0.148. The van der Waals surface area contributed by atoms with Gasteiger partial charge in [0.15, 0.2) is 0 Å². The average molecular weight is 154 g/mol. The molecule has 0 aromatic rings. The van der Waals surface area contributed by atoms with E-state index in [4.69, 9.17) is 0 Å². The van der Waals surface area contributed by atoms with E-state index in [9.17, 15) is 5.11 Å². The van der Waals surface area contributed by atoms with E-state index in [1.165, 1.54) is 12.8 Å². The molecule has 64 valence electrons. The van der Waals surface area contributed by atoms with Crippen molar-refractivity contribution in [2.24, 2.45) is 5.41 Å². The SMILES string of the molecule is C=C1CCCC(C)(C)CC1O. The number of hydrogen-bond donors (Lipinski definition) is 1. The van der Waals surface area contributed by atoms with Gasteiger partial charge in [0.25, 0.3) is 0 Å². The summed E-state index contributed by atoms with van der Waals surface area (Å²) >= 11 is 0. The van der Waals surface area contributed by atoms with Gasteiger partial charge >= 0.3 is 0 Å². The topological polar surface area (TPSA) is 20.2 Å². The molecule has 0 spiro atoms. The lowest BCUT2D eigenvalue weighted by atomic mass is 9.84. The Kier molecular flexibility index (Phi) is 2.38. The zero-order valence-corrected chi connectivity index (χ0v) is 7.56. The lowest BCUT2D eigenvalue weighted by Crippen LogP contribution is -2.18. The molecule has 1 N–H and O–H groups in total. The van der Waals surface area contributed by atoms with E-state index in [1.54, 1.807) is 0 Å². The number of rotatable bonds is 0. The summed E-state index contributed by atoms with van der Waals surface area (Å²) in [6.45, 7) is 8.30. The highest BCUT2D eigenvalue weighted by Gasteiger charge is 2.26. The minimum atomic E-state index is -0.257. The van der Waals surface area contributed by atoms with Crippen molar-refractivity contribution in [2.75, 3.05) is 0 Å². The molecule has 1 fully saturated rings. The lowest BCUT2D eigenvalue weighted by Gasteiger charge is -2.23. The van der Waals surface area contributed by atoms with Gasteiger partial charge in [-0.05, 0) is 36.7 Å². The normalized spacial score (nSPS) is 31.5. The number of hydrogen-bond acceptors (Lipinski definition) is 1. The Morgan fingerprint density at radius 1 is 1.55 bits per heavy atom. The Hall–Kier alpha value is -0.300. The van der Waals surface area contributed by atoms with E-state index in [0.29, 0.717) is 5.41 Å². The molecule has 1 saturated carbocycles. The summed E-state index contributed by atoms with van der Waals surface area (Å²) in [5.41, 5.74) is 1.33. The Morgan fingerprint density at radius 3 is 2.82 bits per heavy atom. The monoisotopic (exact) mass is 154 g/mol. The van der Waals surface area contributed by atoms with Crippen LogP contribution in [0.15, 0.2) is 12.2 Å². The molecule has 1 rings (SSSR count). The van der Waals surface area contributed by atoms with Crippen LogP contribution < -0.4 is 0 Å². The van der Waals surface area contributed by atoms with Crippen LogP contribution in [0.4, 0.5) is 0 Å². The molecular formula is C10H18O. The molecule has 1 aliphatic carbocycles. The predicted molar refractivity (Wildman–Crippen MR) is 47.4 cm³/mol. The molecule has 11 heavy (non-hydrogen) atoms. The molecular weight excluding hydrogens is 136 g/mol. The molecule has 0 amide bonds. The highest BCUT2D eigenvalue weighted by molar-refractivity contribution is 5.05. The van der Waals surface area contributed by atoms with E-state index in [0.717, 1.165) is 18.4 Å². The summed E-state index contributed by atoms with van der Waals surface area (Å²) < 4.78 is 0. The van der Waals surface area contributed by atoms with Crippen LogP contribution in [0, 0.1) is 5.41 Å². The van der Waals surface area contributed by atoms with E-state index in [-0.39, 0.29) is 6.10 Å². The molecule has 0 saturated heterocycles. The van der Waals surface area contributed by atoms with Crippen LogP contribution in [0.5, 0.6) is 0 Å². The van der Waals surface area contributed by atoms with Gasteiger partial charge in [-0.1, -0.05) is 20.4 Å². The second-order valence-electron chi connectivity index (χ2n) is 4.40. The third kappa shape index (κ3) is 2.33. The van der Waals surface area contributed by atoms with Crippen molar-refractivity contribution in [1.82, 2.24) is 0 Å². The van der Waals surface area contributed by atoms with Crippen molar-refractivity contribution in [3.63, 3.8) is 0 Å². The summed E-state index contributed by atoms with van der Waals surface area (Å²) in [5, 5.41) is 9.59. The van der Waals surface area contributed by atoms with Gasteiger partial charge in [0, 0.05) is 0 Å². The number of aliphatic hydroxyl groups is 1. The third-order valence-electron chi connectivity index (χ3n) is 2.57. The van der Waals surface area contributed by atoms with E-state index in [1.807, 2.05) is 0 Å². The quantitative estimate of drug-likeness (QED) is 0.420. The van der Waals surface area contributed by atoms with Crippen LogP contribution >= 0.6 is 0 Å². The first kappa shape index (κ1) is 8.79. The first-order valence-corrected chi connectivity index (χ1v) is 4.37. The Morgan fingerprint density at radius 2 is 2.18 bits per heavy atom. The molecule has 1 aliphatic rings. The van der Waals surface area contributed by atoms with Gasteiger partial charge < -0.3 is 5.11 Å². The van der Waals surface area contributed by atoms with Gasteiger partial charge in [0.1, 0.15) is 0 Å². The second-order valence-corrected chi connectivity index (χ2v) is 4.40. The summed E-state index contributed by atoms with van der Waals surface area (Å²) in [5.74, 6) is 0. The zero-order chi connectivity index (χ0) is 8.48. The third-order valence-corrected chi connectivity index (χ3v) is 2.57. The van der Waals surface area contributed by atoms with Crippen molar-refractivity contribution in [3.8, 4) is 0 Å². The molecule has 0 radical (unpaired) electrons. The minimum absolute atomic E-state index is 0.257. The average Bonchev–Trinajstić information content (AvgIpc) is 1.93. The standard InChI is InChI=1S/C10H18O/c1-8-5-4-6-10(2,3)7-9(8)11/h9,11H,1,4-7H2,2-3H3. The van der Waals surface area contributed by atoms with Crippen molar-refractivity contribution < 1.29 is 5.11 Å². The molecule has 0 aromatic carbocycles. The maximum atomic E-state index is 9.59. The fraction of sp³-hybridized carbons (Fsp3) is 0.800. The summed E-state index contributed by atoms with van der Waals surface area (Å²) in [4.78, 5) is 0. The first-order valence-electron chi connectivity index (χ1n) is 4.37. The van der Waals surface area contributed by atoms with Gasteiger partial charge in [-0.15, -0.1) is 0 Å². The Bertz CT molecular complexity index is 158. The maximum Gasteiger partial charge on any atom is 0.0752 e. The Labute approximate surface area is 69.1 Å². The highest BCUT2D eigenvalue weighted by Crippen LogP contribution is 2.35. The molecule has 0 bridgehead atoms. The maximum absolute atomic E-state index is 9.59. The smallest absolute Gasteiger partial charge is 0.0752 e. The minimum Gasteiger partial charge on any atom is -0.389 e. The Balaban J connectivity index is 2.63. The van der Waals surface area contributed by atoms with Crippen LogP contribution in [0.2, 0.25) is 0 Å². The second kappa shape index (κ2) is 2.98. The fourth-order valence-electron chi connectivity index (χ4n) is 1.73.